The molecular weight excluding hydrogens is 554 g/mol. The quantitative estimate of drug-likeness (QED) is 0.247. The summed E-state index contributed by atoms with van der Waals surface area (Å²) < 4.78 is 11.7. The summed E-state index contributed by atoms with van der Waals surface area (Å²) in [6, 6.07) is 21.1. The zero-order valence-electron chi connectivity index (χ0n) is 25.0. The van der Waals surface area contributed by atoms with Crippen LogP contribution in [0.3, 0.4) is 0 Å². The first-order valence-electron chi connectivity index (χ1n) is 15.3. The summed E-state index contributed by atoms with van der Waals surface area (Å²) >= 11 is 0. The van der Waals surface area contributed by atoms with E-state index in [2.05, 4.69) is 19.1 Å². The molecule has 4 aromatic rings. The van der Waals surface area contributed by atoms with Crippen molar-refractivity contribution >= 4 is 40.2 Å². The zero-order valence-corrected chi connectivity index (χ0v) is 25.0. The highest BCUT2D eigenvalue weighted by Gasteiger charge is 2.35. The third-order valence-electron chi connectivity index (χ3n) is 9.18. The number of ether oxygens (including phenoxy) is 2. The fourth-order valence-electron chi connectivity index (χ4n) is 6.86. The smallest absolute Gasteiger partial charge is 0.257 e. The van der Waals surface area contributed by atoms with Crippen LogP contribution in [0.2, 0.25) is 0 Å². The maximum atomic E-state index is 13.6. The van der Waals surface area contributed by atoms with Crippen molar-refractivity contribution in [3.8, 4) is 17.2 Å². The van der Waals surface area contributed by atoms with E-state index < -0.39 is 0 Å². The monoisotopic (exact) mass is 589 g/mol. The molecule has 3 aliphatic rings. The number of aliphatic imine (C=N–C) groups is 1. The number of fused-ring (bicyclic) bond motifs is 6. The molecule has 0 saturated carbocycles. The average Bonchev–Trinajstić information content (AvgIpc) is 3.37. The molecule has 224 valence electrons. The van der Waals surface area contributed by atoms with Crippen LogP contribution in [0.25, 0.3) is 10.8 Å². The minimum Gasteiger partial charge on any atom is -0.507 e. The van der Waals surface area contributed by atoms with Crippen molar-refractivity contribution in [3.05, 3.63) is 89.0 Å². The van der Waals surface area contributed by atoms with Gasteiger partial charge in [-0.2, -0.15) is 0 Å². The highest BCUT2D eigenvalue weighted by Crippen LogP contribution is 2.46. The standard InChI is InChI=1S/C36H35N3O5/c1-3-22-20-39(30-18-31(40)26-11-6-7-12-27(26)35(22)30)34(41)13-8-14-44-33-17-29-28(16-32(33)43-2)36(42)38-21-24-10-5-4-9-23(24)15-25(38)19-37-29/h4-7,9-12,16-19,22,25,40H,3,8,13-15,20-21H2,1-2H3/t22-,25+/m1/s1. The van der Waals surface area contributed by atoms with E-state index in [1.54, 1.807) is 25.3 Å². The number of nitrogens with zero attached hydrogens (tertiary/aromatic N) is 3. The van der Waals surface area contributed by atoms with Gasteiger partial charge >= 0.3 is 0 Å². The lowest BCUT2D eigenvalue weighted by molar-refractivity contribution is -0.118. The summed E-state index contributed by atoms with van der Waals surface area (Å²) in [6.07, 6.45) is 4.28. The number of phenolic OH excluding ortho intramolecular Hbond substituents is 1. The van der Waals surface area contributed by atoms with Crippen molar-refractivity contribution in [2.24, 2.45) is 4.99 Å². The van der Waals surface area contributed by atoms with E-state index in [1.807, 2.05) is 52.4 Å². The summed E-state index contributed by atoms with van der Waals surface area (Å²) in [5.74, 6) is 1.27. The molecule has 3 aliphatic heterocycles. The molecule has 0 radical (unpaired) electrons. The van der Waals surface area contributed by atoms with Crippen LogP contribution in [0.5, 0.6) is 17.2 Å². The van der Waals surface area contributed by atoms with Crippen molar-refractivity contribution in [3.63, 3.8) is 0 Å². The Morgan fingerprint density at radius 2 is 1.80 bits per heavy atom. The number of rotatable bonds is 7. The molecule has 2 amide bonds. The third kappa shape index (κ3) is 4.75. The van der Waals surface area contributed by atoms with Gasteiger partial charge in [0.15, 0.2) is 11.5 Å². The number of amides is 2. The largest absolute Gasteiger partial charge is 0.507 e. The Balaban J connectivity index is 1.05. The van der Waals surface area contributed by atoms with E-state index in [9.17, 15) is 14.7 Å². The van der Waals surface area contributed by atoms with E-state index in [0.717, 1.165) is 40.4 Å². The van der Waals surface area contributed by atoms with Gasteiger partial charge in [-0.1, -0.05) is 55.5 Å². The number of phenols is 1. The van der Waals surface area contributed by atoms with E-state index in [0.29, 0.717) is 55.3 Å². The number of carbonyl (C=O) groups is 2. The third-order valence-corrected chi connectivity index (χ3v) is 9.18. The van der Waals surface area contributed by atoms with E-state index in [1.165, 1.54) is 5.56 Å². The Kier molecular flexibility index (Phi) is 7.20. The van der Waals surface area contributed by atoms with Gasteiger partial charge in [-0.3, -0.25) is 14.6 Å². The van der Waals surface area contributed by atoms with E-state index >= 15 is 0 Å². The predicted molar refractivity (Wildman–Crippen MR) is 171 cm³/mol. The van der Waals surface area contributed by atoms with Crippen LogP contribution in [-0.2, 0) is 17.8 Å². The molecule has 0 unspecified atom stereocenters. The molecule has 8 nitrogen and oxygen atoms in total. The number of anilines is 1. The van der Waals surface area contributed by atoms with Crippen LogP contribution in [0.15, 0.2) is 71.7 Å². The van der Waals surface area contributed by atoms with Crippen LogP contribution < -0.4 is 14.4 Å². The lowest BCUT2D eigenvalue weighted by Crippen LogP contribution is -2.44. The molecule has 0 saturated heterocycles. The molecule has 0 aromatic heterocycles. The Hall–Kier alpha value is -4.85. The summed E-state index contributed by atoms with van der Waals surface area (Å²) in [7, 11) is 1.55. The molecule has 7 rings (SSSR count). The summed E-state index contributed by atoms with van der Waals surface area (Å²) in [5, 5.41) is 12.5. The zero-order chi connectivity index (χ0) is 30.4. The first-order valence-corrected chi connectivity index (χ1v) is 15.3. The van der Waals surface area contributed by atoms with Crippen molar-refractivity contribution in [1.82, 2.24) is 4.90 Å². The first-order chi connectivity index (χ1) is 21.5. The molecule has 0 bridgehead atoms. The maximum absolute atomic E-state index is 13.6. The van der Waals surface area contributed by atoms with Gasteiger partial charge in [-0.15, -0.1) is 0 Å². The molecule has 44 heavy (non-hydrogen) atoms. The Labute approximate surface area is 256 Å². The van der Waals surface area contributed by atoms with Gasteiger partial charge in [0.05, 0.1) is 36.7 Å². The van der Waals surface area contributed by atoms with Crippen molar-refractivity contribution in [2.75, 3.05) is 25.2 Å². The van der Waals surface area contributed by atoms with Crippen LogP contribution in [0, 0.1) is 0 Å². The fourth-order valence-corrected chi connectivity index (χ4v) is 6.86. The average molecular weight is 590 g/mol. The number of hydrogen-bond donors (Lipinski definition) is 1. The molecule has 4 aromatic carbocycles. The minimum atomic E-state index is -0.117. The van der Waals surface area contributed by atoms with Crippen molar-refractivity contribution in [2.45, 2.75) is 51.1 Å². The molecule has 3 heterocycles. The van der Waals surface area contributed by atoms with Gasteiger partial charge in [-0.25, -0.2) is 0 Å². The topological polar surface area (TPSA) is 91.7 Å². The number of methoxy groups -OCH3 is 1. The Bertz CT molecular complexity index is 1820. The number of benzene rings is 4. The van der Waals surface area contributed by atoms with Gasteiger partial charge in [0.25, 0.3) is 5.91 Å². The molecule has 8 heteroatoms. The number of carbonyl (C=O) groups excluding carboxylic acids is 2. The predicted octanol–water partition coefficient (Wildman–Crippen LogP) is 6.54. The summed E-state index contributed by atoms with van der Waals surface area (Å²) in [4.78, 5) is 35.4. The van der Waals surface area contributed by atoms with Gasteiger partial charge in [0, 0.05) is 49.2 Å². The Morgan fingerprint density at radius 1 is 1.02 bits per heavy atom. The first kappa shape index (κ1) is 28.0. The molecular formula is C36H35N3O5. The van der Waals surface area contributed by atoms with Gasteiger partial charge in [0.1, 0.15) is 5.75 Å². The van der Waals surface area contributed by atoms with Crippen LogP contribution >= 0.6 is 0 Å². The van der Waals surface area contributed by atoms with Gasteiger partial charge in [-0.05, 0) is 47.4 Å². The van der Waals surface area contributed by atoms with Crippen LogP contribution in [0.1, 0.15) is 59.2 Å². The summed E-state index contributed by atoms with van der Waals surface area (Å²) in [5.41, 5.74) is 5.36. The second kappa shape index (κ2) is 11.3. The fraction of sp³-hybridized carbons (Fsp3) is 0.306. The lowest BCUT2D eigenvalue weighted by Gasteiger charge is -2.34. The molecule has 2 atom stereocenters. The van der Waals surface area contributed by atoms with Crippen LogP contribution in [0.4, 0.5) is 11.4 Å². The number of aromatic hydroxyl groups is 1. The number of hydrogen-bond acceptors (Lipinski definition) is 6. The van der Waals surface area contributed by atoms with Crippen molar-refractivity contribution < 1.29 is 24.2 Å². The highest BCUT2D eigenvalue weighted by atomic mass is 16.5. The van der Waals surface area contributed by atoms with Gasteiger partial charge in [0.2, 0.25) is 5.91 Å². The van der Waals surface area contributed by atoms with Crippen molar-refractivity contribution in [1.29, 1.82) is 0 Å². The maximum Gasteiger partial charge on any atom is 0.257 e. The second-order valence-electron chi connectivity index (χ2n) is 11.7. The molecule has 0 fully saturated rings. The summed E-state index contributed by atoms with van der Waals surface area (Å²) in [6.45, 7) is 3.57. The Morgan fingerprint density at radius 3 is 2.59 bits per heavy atom. The van der Waals surface area contributed by atoms with E-state index in [4.69, 9.17) is 14.5 Å². The lowest BCUT2D eigenvalue weighted by atomic mass is 9.93. The molecule has 0 aliphatic carbocycles. The normalized spacial score (nSPS) is 18.4. The molecule has 1 N–H and O–H groups in total. The minimum absolute atomic E-state index is 0.00206. The molecule has 0 spiro atoms. The van der Waals surface area contributed by atoms with E-state index in [-0.39, 0.29) is 29.5 Å². The van der Waals surface area contributed by atoms with Gasteiger partial charge < -0.3 is 24.4 Å². The van der Waals surface area contributed by atoms with Crippen LogP contribution in [-0.4, -0.2) is 54.3 Å². The second-order valence-corrected chi connectivity index (χ2v) is 11.7. The SMILES string of the molecule is CC[C@@H]1CN(C(=O)CCCOc2cc3c(cc2OC)C(=O)N2Cc4ccccc4C[C@H]2C=N3)c2cc(O)c3ccccc3c21. The highest BCUT2D eigenvalue weighted by molar-refractivity contribution is 6.04.